The van der Waals surface area contributed by atoms with E-state index in [0.717, 1.165) is 98.6 Å². The number of pyridine rings is 1. The molecule has 12 nitrogen and oxygen atoms in total. The zero-order chi connectivity index (χ0) is 36.5. The van der Waals surface area contributed by atoms with Crippen LogP contribution in [0, 0.1) is 11.8 Å². The molecule has 1 unspecified atom stereocenters. The first kappa shape index (κ1) is 35.9. The number of nitrogens with zero attached hydrogens (tertiary/aromatic N) is 4. The lowest BCUT2D eigenvalue weighted by molar-refractivity contribution is -0.138. The number of rotatable bonds is 14. The molecule has 0 bridgehead atoms. The first-order valence-electron chi connectivity index (χ1n) is 18.6. The van der Waals surface area contributed by atoms with E-state index in [4.69, 9.17) is 25.5 Å². The summed E-state index contributed by atoms with van der Waals surface area (Å²) in [6.07, 6.45) is 6.42. The number of nitrogens with one attached hydrogen (secondary N) is 4. The van der Waals surface area contributed by atoms with Crippen LogP contribution in [0.4, 0.5) is 0 Å². The first-order chi connectivity index (χ1) is 25.2. The van der Waals surface area contributed by atoms with Gasteiger partial charge in [-0.1, -0.05) is 52.0 Å². The molecule has 7 N–H and O–H groups in total. The van der Waals surface area contributed by atoms with Gasteiger partial charge in [-0.25, -0.2) is 9.97 Å². The number of nitrogens with two attached hydrogens (primary N) is 1. The third-order valence-electron chi connectivity index (χ3n) is 10.8. The summed E-state index contributed by atoms with van der Waals surface area (Å²) in [4.78, 5) is 42.7. The molecule has 6 aromatic rings. The summed E-state index contributed by atoms with van der Waals surface area (Å²) >= 11 is 0. The SMILES string of the molecule is CON[C@H](CC(CCCN)c1nc2ccc3cc(-c4ccc5c(ccc6nc([C@@H]7CCCN7C(=O)[C@@H](NO)C(C)C)[nH]c65)c4)ncc3c2[nH]1)C(C)C. The number of carbonyl (C=O) groups is 1. The average Bonchev–Trinajstić information content (AvgIpc) is 3.91. The summed E-state index contributed by atoms with van der Waals surface area (Å²) in [6.45, 7) is 9.53. The second kappa shape index (κ2) is 15.3. The smallest absolute Gasteiger partial charge is 0.242 e. The van der Waals surface area contributed by atoms with Crippen LogP contribution in [0.3, 0.4) is 0 Å². The van der Waals surface area contributed by atoms with Gasteiger partial charge in [0.15, 0.2) is 0 Å². The van der Waals surface area contributed by atoms with E-state index in [1.807, 2.05) is 31.0 Å². The average molecular weight is 706 g/mol. The normalized spacial score (nSPS) is 17.0. The van der Waals surface area contributed by atoms with Crippen LogP contribution in [-0.2, 0) is 9.63 Å². The highest BCUT2D eigenvalue weighted by atomic mass is 16.6. The Hall–Kier alpha value is -4.46. The molecule has 4 atom stereocenters. The molecule has 3 aromatic heterocycles. The summed E-state index contributed by atoms with van der Waals surface area (Å²) in [5.74, 6) is 2.22. The number of hydroxylamine groups is 2. The van der Waals surface area contributed by atoms with Gasteiger partial charge >= 0.3 is 0 Å². The minimum Gasteiger partial charge on any atom is -0.341 e. The van der Waals surface area contributed by atoms with Crippen molar-refractivity contribution in [2.24, 2.45) is 17.6 Å². The number of fused-ring (bicyclic) bond motifs is 6. The van der Waals surface area contributed by atoms with Gasteiger partial charge in [-0.2, -0.15) is 11.0 Å². The molecule has 3 aromatic carbocycles. The van der Waals surface area contributed by atoms with Crippen molar-refractivity contribution in [3.8, 4) is 11.3 Å². The number of aromatic amines is 2. The topological polar surface area (TPSA) is 170 Å². The van der Waals surface area contributed by atoms with Crippen LogP contribution in [0.25, 0.3) is 54.9 Å². The molecule has 0 spiro atoms. The lowest BCUT2D eigenvalue weighted by Gasteiger charge is -2.28. The molecular weight excluding hydrogens is 654 g/mol. The van der Waals surface area contributed by atoms with Crippen molar-refractivity contribution in [2.75, 3.05) is 20.2 Å². The van der Waals surface area contributed by atoms with Gasteiger partial charge in [-0.3, -0.25) is 9.78 Å². The molecule has 0 saturated carbocycles. The molecule has 1 saturated heterocycles. The fourth-order valence-electron chi connectivity index (χ4n) is 7.84. The number of H-pyrrole nitrogens is 2. The van der Waals surface area contributed by atoms with Crippen LogP contribution in [0.15, 0.2) is 54.7 Å². The summed E-state index contributed by atoms with van der Waals surface area (Å²) in [6, 6.07) is 16.3. The second-order valence-corrected chi connectivity index (χ2v) is 15.0. The Morgan fingerprint density at radius 3 is 2.46 bits per heavy atom. The largest absolute Gasteiger partial charge is 0.341 e. The van der Waals surface area contributed by atoms with Crippen LogP contribution in [0.1, 0.15) is 83.4 Å². The summed E-state index contributed by atoms with van der Waals surface area (Å²) in [7, 11) is 1.67. The highest BCUT2D eigenvalue weighted by molar-refractivity contribution is 6.07. The molecule has 1 fully saturated rings. The molecule has 52 heavy (non-hydrogen) atoms. The monoisotopic (exact) mass is 705 g/mol. The van der Waals surface area contributed by atoms with Gasteiger partial charge in [0.25, 0.3) is 0 Å². The molecular formula is C40H51N9O3. The fraction of sp³-hybridized carbons (Fsp3) is 0.450. The third kappa shape index (κ3) is 6.89. The molecule has 1 aliphatic heterocycles. The van der Waals surface area contributed by atoms with Crippen molar-refractivity contribution < 1.29 is 14.8 Å². The van der Waals surface area contributed by atoms with Crippen molar-refractivity contribution in [1.29, 1.82) is 0 Å². The van der Waals surface area contributed by atoms with E-state index in [0.29, 0.717) is 19.0 Å². The van der Waals surface area contributed by atoms with E-state index in [-0.39, 0.29) is 29.8 Å². The van der Waals surface area contributed by atoms with E-state index in [1.165, 1.54) is 0 Å². The van der Waals surface area contributed by atoms with Gasteiger partial charge in [0.2, 0.25) is 5.91 Å². The quantitative estimate of drug-likeness (QED) is 0.0663. The highest BCUT2D eigenvalue weighted by Crippen LogP contribution is 2.36. The van der Waals surface area contributed by atoms with Crippen LogP contribution in [0.2, 0.25) is 0 Å². The third-order valence-corrected chi connectivity index (χ3v) is 10.8. The number of hydrogen-bond donors (Lipinski definition) is 6. The van der Waals surface area contributed by atoms with E-state index >= 15 is 0 Å². The van der Waals surface area contributed by atoms with Crippen LogP contribution in [0.5, 0.6) is 0 Å². The molecule has 1 aliphatic rings. The number of carbonyl (C=O) groups excluding carboxylic acids is 1. The molecule has 0 aliphatic carbocycles. The van der Waals surface area contributed by atoms with Gasteiger partial charge < -0.3 is 30.6 Å². The lowest BCUT2D eigenvalue weighted by atomic mass is 9.89. The maximum absolute atomic E-state index is 13.3. The maximum atomic E-state index is 13.3. The summed E-state index contributed by atoms with van der Waals surface area (Å²) < 4.78 is 0. The van der Waals surface area contributed by atoms with Crippen molar-refractivity contribution in [1.82, 2.24) is 40.8 Å². The van der Waals surface area contributed by atoms with Gasteiger partial charge in [-0.15, -0.1) is 0 Å². The lowest BCUT2D eigenvalue weighted by Crippen LogP contribution is -2.48. The Morgan fingerprint density at radius 1 is 1.00 bits per heavy atom. The molecule has 274 valence electrons. The van der Waals surface area contributed by atoms with E-state index < -0.39 is 6.04 Å². The van der Waals surface area contributed by atoms with Crippen LogP contribution < -0.4 is 16.7 Å². The predicted octanol–water partition coefficient (Wildman–Crippen LogP) is 6.86. The van der Waals surface area contributed by atoms with Gasteiger partial charge in [0.05, 0.1) is 40.9 Å². The minimum absolute atomic E-state index is 0.0412. The Labute approximate surface area is 303 Å². The Kier molecular flexibility index (Phi) is 10.5. The minimum atomic E-state index is -0.651. The Balaban J connectivity index is 1.17. The second-order valence-electron chi connectivity index (χ2n) is 15.0. The Morgan fingerprint density at radius 2 is 1.75 bits per heavy atom. The van der Waals surface area contributed by atoms with Crippen LogP contribution >= 0.6 is 0 Å². The van der Waals surface area contributed by atoms with E-state index in [1.54, 1.807) is 7.11 Å². The van der Waals surface area contributed by atoms with Gasteiger partial charge in [-0.05, 0) is 85.5 Å². The Bertz CT molecular complexity index is 2190. The molecule has 7 rings (SSSR count). The van der Waals surface area contributed by atoms with Gasteiger partial charge in [0.1, 0.15) is 17.7 Å². The van der Waals surface area contributed by atoms with Gasteiger partial charge in [0, 0.05) is 41.0 Å². The number of benzene rings is 3. The number of hydrogen-bond acceptors (Lipinski definition) is 9. The zero-order valence-corrected chi connectivity index (χ0v) is 30.7. The molecule has 4 heterocycles. The highest BCUT2D eigenvalue weighted by Gasteiger charge is 2.36. The maximum Gasteiger partial charge on any atom is 0.242 e. The van der Waals surface area contributed by atoms with Crippen molar-refractivity contribution >= 4 is 49.5 Å². The first-order valence-corrected chi connectivity index (χ1v) is 18.6. The zero-order valence-electron chi connectivity index (χ0n) is 30.7. The predicted molar refractivity (Wildman–Crippen MR) is 206 cm³/mol. The number of aromatic nitrogens is 5. The number of likely N-dealkylation sites (tertiary alicyclic amines) is 1. The molecule has 12 heteroatoms. The number of imidazole rings is 2. The standard InChI is InChI=1S/C40H51N9O3/c1-22(2)32(48-52-5)20-27(8-6-16-41)38-43-31-15-12-25-19-33(42-21-29(25)37(31)45-38)26-10-13-28-24(18-26)11-14-30-36(28)46-39(44-30)34-9-7-17-49(34)40(50)35(47-51)23(3)4/h10-15,18-19,21-23,27,32,34-35,47-48,51H,6-9,16-17,20,41H2,1-5H3,(H,43,45)(H,44,46)/t27?,32-,34+,35+/m1/s1. The van der Waals surface area contributed by atoms with E-state index in [2.05, 4.69) is 77.2 Å². The van der Waals surface area contributed by atoms with Crippen molar-refractivity contribution in [3.05, 3.63) is 66.4 Å². The fourth-order valence-corrected chi connectivity index (χ4v) is 7.84. The van der Waals surface area contributed by atoms with Crippen molar-refractivity contribution in [2.45, 2.75) is 83.8 Å². The summed E-state index contributed by atoms with van der Waals surface area (Å²) in [5.41, 5.74) is 17.0. The summed E-state index contributed by atoms with van der Waals surface area (Å²) in [5, 5.41) is 13.9. The van der Waals surface area contributed by atoms with Crippen molar-refractivity contribution in [3.63, 3.8) is 0 Å². The molecule has 1 amide bonds. The van der Waals surface area contributed by atoms with Crippen LogP contribution in [-0.4, -0.2) is 73.2 Å². The molecule has 0 radical (unpaired) electrons. The number of amides is 1. The van der Waals surface area contributed by atoms with E-state index in [9.17, 15) is 10.0 Å².